The van der Waals surface area contributed by atoms with Crippen LogP contribution in [0.5, 0.6) is 0 Å². The van der Waals surface area contributed by atoms with Crippen LogP contribution in [0.2, 0.25) is 0 Å². The van der Waals surface area contributed by atoms with Gasteiger partial charge in [-0.1, -0.05) is 37.7 Å². The largest absolute Gasteiger partial charge is 0.431 e. The Hall–Kier alpha value is -1.53. The van der Waals surface area contributed by atoms with Crippen molar-refractivity contribution in [3.63, 3.8) is 0 Å². The molecule has 0 fully saturated rings. The highest BCUT2D eigenvalue weighted by atomic mass is 32.2. The van der Waals surface area contributed by atoms with Crippen molar-refractivity contribution in [2.24, 2.45) is 0 Å². The third-order valence-corrected chi connectivity index (χ3v) is 4.84. The Morgan fingerprint density at radius 2 is 2.08 bits per heavy atom. The van der Waals surface area contributed by atoms with Crippen LogP contribution < -0.4 is 5.32 Å². The molecule has 0 unspecified atom stereocenters. The molecule has 1 heterocycles. The zero-order chi connectivity index (χ0) is 17.4. The van der Waals surface area contributed by atoms with E-state index in [1.54, 1.807) is 0 Å². The molecule has 1 N–H and O–H groups in total. The van der Waals surface area contributed by atoms with E-state index in [1.165, 1.54) is 11.8 Å². The first-order chi connectivity index (χ1) is 11.6. The fourth-order valence-corrected chi connectivity index (χ4v) is 3.24. The number of fused-ring (bicyclic) bond motifs is 1. The van der Waals surface area contributed by atoms with Crippen LogP contribution in [0.3, 0.4) is 0 Å². The summed E-state index contributed by atoms with van der Waals surface area (Å²) in [5.74, 6) is 0.352. The van der Waals surface area contributed by atoms with Crippen molar-refractivity contribution in [2.45, 2.75) is 44.9 Å². The van der Waals surface area contributed by atoms with E-state index in [0.29, 0.717) is 11.0 Å². The molecule has 1 amide bonds. The van der Waals surface area contributed by atoms with Gasteiger partial charge in [0.1, 0.15) is 5.52 Å². The molecule has 0 bridgehead atoms. The van der Waals surface area contributed by atoms with Gasteiger partial charge in [-0.15, -0.1) is 0 Å². The first-order valence-corrected chi connectivity index (χ1v) is 9.61. The number of thioether (sulfide) groups is 1. The molecule has 0 saturated heterocycles. The minimum absolute atomic E-state index is 0.0256. The molecule has 2 aromatic rings. The maximum Gasteiger partial charge on any atom is 0.257 e. The Balaban J connectivity index is 1.68. The number of benzene rings is 1. The Bertz CT molecular complexity index is 607. The van der Waals surface area contributed by atoms with E-state index in [9.17, 15) is 4.79 Å². The second-order valence-corrected chi connectivity index (χ2v) is 6.80. The van der Waals surface area contributed by atoms with Crippen molar-refractivity contribution >= 4 is 28.8 Å². The molecule has 2 rings (SSSR count). The van der Waals surface area contributed by atoms with Gasteiger partial charge < -0.3 is 14.6 Å². The van der Waals surface area contributed by atoms with Crippen molar-refractivity contribution in [3.8, 4) is 0 Å². The first kappa shape index (κ1) is 18.8. The van der Waals surface area contributed by atoms with Crippen LogP contribution >= 0.6 is 11.8 Å². The van der Waals surface area contributed by atoms with Crippen LogP contribution in [0.15, 0.2) is 33.9 Å². The minimum Gasteiger partial charge on any atom is -0.431 e. The zero-order valence-corrected chi connectivity index (χ0v) is 15.6. The second-order valence-electron chi connectivity index (χ2n) is 5.87. The lowest BCUT2D eigenvalue weighted by Crippen LogP contribution is -2.34. The summed E-state index contributed by atoms with van der Waals surface area (Å²) in [6.45, 7) is 9.67. The third kappa shape index (κ3) is 5.83. The molecule has 1 aromatic carbocycles. The van der Waals surface area contributed by atoms with Gasteiger partial charge in [-0.25, -0.2) is 4.98 Å². The van der Waals surface area contributed by atoms with E-state index in [4.69, 9.17) is 4.42 Å². The van der Waals surface area contributed by atoms with Gasteiger partial charge in [0.05, 0.1) is 5.75 Å². The van der Waals surface area contributed by atoms with Gasteiger partial charge in [-0.3, -0.25) is 4.79 Å². The lowest BCUT2D eigenvalue weighted by Gasteiger charge is -2.19. The molecule has 132 valence electrons. The highest BCUT2D eigenvalue weighted by molar-refractivity contribution is 7.99. The topological polar surface area (TPSA) is 58.4 Å². The summed E-state index contributed by atoms with van der Waals surface area (Å²) < 4.78 is 5.61. The van der Waals surface area contributed by atoms with Crippen LogP contribution in [0, 0.1) is 0 Å². The second kappa shape index (κ2) is 9.69. The van der Waals surface area contributed by atoms with Gasteiger partial charge in [-0.2, -0.15) is 0 Å². The molecular formula is C18H27N3O2S. The lowest BCUT2D eigenvalue weighted by atomic mass is 10.2. The summed E-state index contributed by atoms with van der Waals surface area (Å²) in [5.41, 5.74) is 1.58. The van der Waals surface area contributed by atoms with Gasteiger partial charge in [0.15, 0.2) is 5.58 Å². The monoisotopic (exact) mass is 349 g/mol. The maximum atomic E-state index is 12.0. The highest BCUT2D eigenvalue weighted by Gasteiger charge is 2.11. The summed E-state index contributed by atoms with van der Waals surface area (Å²) in [6, 6.07) is 7.81. The molecule has 6 heteroatoms. The zero-order valence-electron chi connectivity index (χ0n) is 14.7. The van der Waals surface area contributed by atoms with Gasteiger partial charge in [0.25, 0.3) is 5.22 Å². The SMILES string of the molecule is CCN(CC)CCC[C@H](C)NC(=O)CSc1nc2ccccc2o1. The first-order valence-electron chi connectivity index (χ1n) is 8.62. The molecule has 5 nitrogen and oxygen atoms in total. The van der Waals surface area contributed by atoms with Crippen LogP contribution in [-0.4, -0.2) is 47.2 Å². The average Bonchev–Trinajstić information content (AvgIpc) is 3.00. The maximum absolute atomic E-state index is 12.0. The highest BCUT2D eigenvalue weighted by Crippen LogP contribution is 2.22. The Morgan fingerprint density at radius 3 is 2.79 bits per heavy atom. The van der Waals surface area contributed by atoms with E-state index in [-0.39, 0.29) is 11.9 Å². The van der Waals surface area contributed by atoms with Gasteiger partial charge in [-0.05, 0) is 51.5 Å². The number of carbonyl (C=O) groups excluding carboxylic acids is 1. The number of rotatable bonds is 10. The number of nitrogens with one attached hydrogen (secondary N) is 1. The summed E-state index contributed by atoms with van der Waals surface area (Å²) in [7, 11) is 0. The molecule has 24 heavy (non-hydrogen) atoms. The third-order valence-electron chi connectivity index (χ3n) is 4.01. The molecule has 1 atom stereocenters. The number of aromatic nitrogens is 1. The molecule has 0 saturated carbocycles. The van der Waals surface area contributed by atoms with Gasteiger partial charge in [0.2, 0.25) is 5.91 Å². The van der Waals surface area contributed by atoms with Crippen LogP contribution in [0.4, 0.5) is 0 Å². The molecule has 1 aromatic heterocycles. The summed E-state index contributed by atoms with van der Waals surface area (Å²) in [5, 5.41) is 3.59. The number of oxazole rings is 1. The van der Waals surface area contributed by atoms with Crippen molar-refractivity contribution < 1.29 is 9.21 Å². The van der Waals surface area contributed by atoms with E-state index >= 15 is 0 Å². The van der Waals surface area contributed by atoms with Gasteiger partial charge >= 0.3 is 0 Å². The molecular weight excluding hydrogens is 322 g/mol. The molecule has 0 spiro atoms. The summed E-state index contributed by atoms with van der Waals surface area (Å²) in [4.78, 5) is 18.8. The van der Waals surface area contributed by atoms with Crippen molar-refractivity contribution in [2.75, 3.05) is 25.4 Å². The van der Waals surface area contributed by atoms with Crippen LogP contribution in [0.25, 0.3) is 11.1 Å². The Kier molecular flexibility index (Phi) is 7.59. The Labute approximate surface area is 148 Å². The number of para-hydroxylation sites is 2. The van der Waals surface area contributed by atoms with E-state index < -0.39 is 0 Å². The van der Waals surface area contributed by atoms with Crippen LogP contribution in [-0.2, 0) is 4.79 Å². The van der Waals surface area contributed by atoms with E-state index in [1.807, 2.05) is 24.3 Å². The van der Waals surface area contributed by atoms with Crippen molar-refractivity contribution in [1.29, 1.82) is 0 Å². The fourth-order valence-electron chi connectivity index (χ4n) is 2.59. The number of carbonyl (C=O) groups is 1. The minimum atomic E-state index is 0.0256. The molecule has 0 aliphatic carbocycles. The summed E-state index contributed by atoms with van der Waals surface area (Å²) >= 11 is 1.33. The smallest absolute Gasteiger partial charge is 0.257 e. The predicted octanol–water partition coefficient (Wildman–Crippen LogP) is 3.55. The number of hydrogen-bond acceptors (Lipinski definition) is 5. The van der Waals surface area contributed by atoms with E-state index in [0.717, 1.165) is 43.6 Å². The molecule has 0 aliphatic rings. The molecule has 0 aliphatic heterocycles. The van der Waals surface area contributed by atoms with Gasteiger partial charge in [0, 0.05) is 6.04 Å². The Morgan fingerprint density at radius 1 is 1.33 bits per heavy atom. The number of hydrogen-bond donors (Lipinski definition) is 1. The standard InChI is InChI=1S/C18H27N3O2S/c1-4-21(5-2)12-8-9-14(3)19-17(22)13-24-18-20-15-10-6-7-11-16(15)23-18/h6-7,10-11,14H,4-5,8-9,12-13H2,1-3H3,(H,19,22)/t14-/m0/s1. The number of amides is 1. The van der Waals surface area contributed by atoms with Crippen molar-refractivity contribution in [1.82, 2.24) is 15.2 Å². The molecule has 0 radical (unpaired) electrons. The summed E-state index contributed by atoms with van der Waals surface area (Å²) in [6.07, 6.45) is 2.09. The number of nitrogens with zero attached hydrogens (tertiary/aromatic N) is 2. The predicted molar refractivity (Wildman–Crippen MR) is 99.4 cm³/mol. The quantitative estimate of drug-likeness (QED) is 0.665. The van der Waals surface area contributed by atoms with E-state index in [2.05, 4.69) is 36.0 Å². The van der Waals surface area contributed by atoms with Crippen molar-refractivity contribution in [3.05, 3.63) is 24.3 Å². The fraction of sp³-hybridized carbons (Fsp3) is 0.556. The lowest BCUT2D eigenvalue weighted by molar-refractivity contribution is -0.119. The average molecular weight is 350 g/mol. The normalized spacial score (nSPS) is 12.7. The van der Waals surface area contributed by atoms with Crippen LogP contribution in [0.1, 0.15) is 33.6 Å².